The van der Waals surface area contributed by atoms with Crippen molar-refractivity contribution in [3.05, 3.63) is 59.9 Å². The number of nitrogens with one attached hydrogen (secondary N) is 1. The van der Waals surface area contributed by atoms with Crippen molar-refractivity contribution in [3.8, 4) is 5.75 Å². The van der Waals surface area contributed by atoms with E-state index in [9.17, 15) is 4.79 Å². The molecular formula is C17H20N2O2. The predicted molar refractivity (Wildman–Crippen MR) is 82.3 cm³/mol. The number of ether oxygens (including phenoxy) is 1. The van der Waals surface area contributed by atoms with Crippen LogP contribution in [-0.2, 0) is 0 Å². The van der Waals surface area contributed by atoms with Gasteiger partial charge < -0.3 is 10.1 Å². The van der Waals surface area contributed by atoms with E-state index >= 15 is 0 Å². The molecule has 110 valence electrons. The molecule has 1 aromatic heterocycles. The molecule has 21 heavy (non-hydrogen) atoms. The summed E-state index contributed by atoms with van der Waals surface area (Å²) in [6, 6.07) is 11.1. The lowest BCUT2D eigenvalue weighted by atomic mass is 10.1. The van der Waals surface area contributed by atoms with Crippen molar-refractivity contribution in [2.24, 2.45) is 0 Å². The van der Waals surface area contributed by atoms with Crippen LogP contribution in [-0.4, -0.2) is 17.0 Å². The average Bonchev–Trinajstić information content (AvgIpc) is 2.48. The number of pyridine rings is 1. The summed E-state index contributed by atoms with van der Waals surface area (Å²) in [7, 11) is 0. The molecule has 0 saturated carbocycles. The third-order valence-corrected chi connectivity index (χ3v) is 3.04. The maximum Gasteiger partial charge on any atom is 0.251 e. The first-order chi connectivity index (χ1) is 10.1. The molecule has 0 bridgehead atoms. The standard InChI is InChI=1S/C17H20N2O2/c1-12(2)21-16-6-4-14(5-7-16)13(3)19-17(20)15-8-10-18-11-9-15/h4-13H,1-3H3,(H,19,20). The van der Waals surface area contributed by atoms with Gasteiger partial charge in [-0.1, -0.05) is 12.1 Å². The first kappa shape index (κ1) is 15.0. The number of carbonyl (C=O) groups is 1. The molecule has 0 fully saturated rings. The average molecular weight is 284 g/mol. The Morgan fingerprint density at radius 3 is 2.24 bits per heavy atom. The number of hydrogen-bond acceptors (Lipinski definition) is 3. The highest BCUT2D eigenvalue weighted by atomic mass is 16.5. The van der Waals surface area contributed by atoms with Gasteiger partial charge in [0.1, 0.15) is 5.75 Å². The normalized spacial score (nSPS) is 12.0. The number of rotatable bonds is 5. The third-order valence-electron chi connectivity index (χ3n) is 3.04. The third kappa shape index (κ3) is 4.31. The largest absolute Gasteiger partial charge is 0.491 e. The molecule has 0 aliphatic rings. The van der Waals surface area contributed by atoms with Gasteiger partial charge in [0, 0.05) is 18.0 Å². The van der Waals surface area contributed by atoms with E-state index in [1.54, 1.807) is 24.5 Å². The van der Waals surface area contributed by atoms with Crippen LogP contribution in [0.2, 0.25) is 0 Å². The molecule has 1 aromatic carbocycles. The molecule has 1 unspecified atom stereocenters. The van der Waals surface area contributed by atoms with Gasteiger partial charge in [0.05, 0.1) is 12.1 Å². The summed E-state index contributed by atoms with van der Waals surface area (Å²) in [6.07, 6.45) is 3.37. The Balaban J connectivity index is 2.00. The van der Waals surface area contributed by atoms with Gasteiger partial charge >= 0.3 is 0 Å². The van der Waals surface area contributed by atoms with Crippen LogP contribution in [0.5, 0.6) is 5.75 Å². The molecule has 0 saturated heterocycles. The van der Waals surface area contributed by atoms with Crippen LogP contribution < -0.4 is 10.1 Å². The van der Waals surface area contributed by atoms with Crippen LogP contribution in [0.15, 0.2) is 48.8 Å². The van der Waals surface area contributed by atoms with E-state index in [1.807, 2.05) is 45.0 Å². The Kier molecular flexibility index (Phi) is 4.93. The van der Waals surface area contributed by atoms with Crippen LogP contribution >= 0.6 is 0 Å². The Morgan fingerprint density at radius 2 is 1.67 bits per heavy atom. The highest BCUT2D eigenvalue weighted by Gasteiger charge is 2.11. The second kappa shape index (κ2) is 6.88. The molecule has 4 nitrogen and oxygen atoms in total. The van der Waals surface area contributed by atoms with Gasteiger partial charge in [-0.25, -0.2) is 0 Å². The topological polar surface area (TPSA) is 51.2 Å². The fourth-order valence-corrected chi connectivity index (χ4v) is 1.97. The van der Waals surface area contributed by atoms with Crippen LogP contribution in [0, 0.1) is 0 Å². The summed E-state index contributed by atoms with van der Waals surface area (Å²) in [5, 5.41) is 2.97. The SMILES string of the molecule is CC(C)Oc1ccc(C(C)NC(=O)c2ccncc2)cc1. The van der Waals surface area contributed by atoms with Crippen molar-refractivity contribution in [2.45, 2.75) is 32.9 Å². The number of hydrogen-bond donors (Lipinski definition) is 1. The maximum atomic E-state index is 12.1. The van der Waals surface area contributed by atoms with Crippen molar-refractivity contribution in [1.82, 2.24) is 10.3 Å². The summed E-state index contributed by atoms with van der Waals surface area (Å²) >= 11 is 0. The molecule has 2 aromatic rings. The van der Waals surface area contributed by atoms with Gasteiger partial charge in [-0.3, -0.25) is 9.78 Å². The van der Waals surface area contributed by atoms with Crippen molar-refractivity contribution in [2.75, 3.05) is 0 Å². The van der Waals surface area contributed by atoms with E-state index in [4.69, 9.17) is 4.74 Å². The number of benzene rings is 1. The molecule has 1 amide bonds. The first-order valence-corrected chi connectivity index (χ1v) is 7.04. The molecule has 2 rings (SSSR count). The zero-order valence-electron chi connectivity index (χ0n) is 12.5. The zero-order chi connectivity index (χ0) is 15.2. The number of carbonyl (C=O) groups excluding carboxylic acids is 1. The molecule has 1 N–H and O–H groups in total. The number of amides is 1. The van der Waals surface area contributed by atoms with E-state index in [0.29, 0.717) is 5.56 Å². The Bertz CT molecular complexity index is 579. The first-order valence-electron chi connectivity index (χ1n) is 7.04. The summed E-state index contributed by atoms with van der Waals surface area (Å²) in [6.45, 7) is 5.94. The fourth-order valence-electron chi connectivity index (χ4n) is 1.97. The van der Waals surface area contributed by atoms with E-state index in [1.165, 1.54) is 0 Å². The minimum atomic E-state index is -0.104. The summed E-state index contributed by atoms with van der Waals surface area (Å²) in [5.74, 6) is 0.730. The highest BCUT2D eigenvalue weighted by Crippen LogP contribution is 2.18. The van der Waals surface area contributed by atoms with Gasteiger partial charge in [0.15, 0.2) is 0 Å². The summed E-state index contributed by atoms with van der Waals surface area (Å²) in [4.78, 5) is 16.0. The van der Waals surface area contributed by atoms with E-state index in [-0.39, 0.29) is 18.1 Å². The van der Waals surface area contributed by atoms with E-state index < -0.39 is 0 Å². The number of nitrogens with zero attached hydrogens (tertiary/aromatic N) is 1. The van der Waals surface area contributed by atoms with Crippen molar-refractivity contribution in [1.29, 1.82) is 0 Å². The Morgan fingerprint density at radius 1 is 1.05 bits per heavy atom. The Hall–Kier alpha value is -2.36. The predicted octanol–water partition coefficient (Wildman–Crippen LogP) is 3.36. The van der Waals surface area contributed by atoms with Gasteiger partial charge in [-0.2, -0.15) is 0 Å². The minimum absolute atomic E-state index is 0.0706. The molecule has 1 atom stereocenters. The smallest absolute Gasteiger partial charge is 0.251 e. The lowest BCUT2D eigenvalue weighted by Crippen LogP contribution is -2.26. The Labute approximate surface area is 125 Å². The highest BCUT2D eigenvalue weighted by molar-refractivity contribution is 5.94. The van der Waals surface area contributed by atoms with Gasteiger partial charge in [0.25, 0.3) is 5.91 Å². The maximum absolute atomic E-state index is 12.1. The van der Waals surface area contributed by atoms with E-state index in [2.05, 4.69) is 10.3 Å². The van der Waals surface area contributed by atoms with Gasteiger partial charge in [-0.05, 0) is 50.6 Å². The fraction of sp³-hybridized carbons (Fsp3) is 0.294. The molecule has 0 spiro atoms. The van der Waals surface area contributed by atoms with Crippen LogP contribution in [0.3, 0.4) is 0 Å². The van der Waals surface area contributed by atoms with E-state index in [0.717, 1.165) is 11.3 Å². The van der Waals surface area contributed by atoms with Crippen LogP contribution in [0.1, 0.15) is 42.7 Å². The van der Waals surface area contributed by atoms with Crippen molar-refractivity contribution >= 4 is 5.91 Å². The number of aromatic nitrogens is 1. The molecule has 0 aliphatic heterocycles. The zero-order valence-corrected chi connectivity index (χ0v) is 12.5. The minimum Gasteiger partial charge on any atom is -0.491 e. The van der Waals surface area contributed by atoms with Crippen molar-refractivity contribution in [3.63, 3.8) is 0 Å². The van der Waals surface area contributed by atoms with Crippen LogP contribution in [0.4, 0.5) is 0 Å². The second-order valence-electron chi connectivity index (χ2n) is 5.17. The molecule has 0 radical (unpaired) electrons. The molecular weight excluding hydrogens is 264 g/mol. The van der Waals surface area contributed by atoms with Crippen molar-refractivity contribution < 1.29 is 9.53 Å². The summed E-state index contributed by atoms with van der Waals surface area (Å²) < 4.78 is 5.61. The van der Waals surface area contributed by atoms with Crippen LogP contribution in [0.25, 0.3) is 0 Å². The monoisotopic (exact) mass is 284 g/mol. The lowest BCUT2D eigenvalue weighted by Gasteiger charge is -2.15. The molecule has 1 heterocycles. The molecule has 0 aliphatic carbocycles. The lowest BCUT2D eigenvalue weighted by molar-refractivity contribution is 0.0940. The summed E-state index contributed by atoms with van der Waals surface area (Å²) in [5.41, 5.74) is 1.64. The molecule has 4 heteroatoms. The van der Waals surface area contributed by atoms with Gasteiger partial charge in [0.2, 0.25) is 0 Å². The quantitative estimate of drug-likeness (QED) is 0.916. The van der Waals surface area contributed by atoms with Gasteiger partial charge in [-0.15, -0.1) is 0 Å². The second-order valence-corrected chi connectivity index (χ2v) is 5.17.